The Morgan fingerprint density at radius 3 is 2.38 bits per heavy atom. The van der Waals surface area contributed by atoms with Crippen molar-refractivity contribution in [3.8, 4) is 17.2 Å². The first-order chi connectivity index (χ1) is 18.6. The molecule has 1 amide bonds. The molecule has 5 rings (SSSR count). The summed E-state index contributed by atoms with van der Waals surface area (Å²) in [7, 11) is 0. The summed E-state index contributed by atoms with van der Waals surface area (Å²) in [5, 5.41) is 11.9. The molecule has 0 aliphatic carbocycles. The number of rotatable bonds is 10. The number of carboxylic acids is 1. The molecular weight excluding hydrogens is 525 g/mol. The summed E-state index contributed by atoms with van der Waals surface area (Å²) >= 11 is 0. The zero-order valence-corrected chi connectivity index (χ0v) is 23.6. The Labute approximate surface area is 251 Å². The number of imidazole rings is 1. The Morgan fingerprint density at radius 2 is 1.65 bits per heavy atom. The number of aromatic carboxylic acids is 1. The van der Waals surface area contributed by atoms with Gasteiger partial charge >= 0.3 is 35.5 Å². The minimum atomic E-state index is -1.06. The van der Waals surface area contributed by atoms with Gasteiger partial charge in [0.25, 0.3) is 5.91 Å². The number of hydrogen-bond donors (Lipinski definition) is 2. The number of fused-ring (bicyclic) bond motifs is 1. The molecule has 3 aromatic heterocycles. The van der Waals surface area contributed by atoms with Gasteiger partial charge in [-0.15, -0.1) is 0 Å². The van der Waals surface area contributed by atoms with Crippen molar-refractivity contribution in [2.24, 2.45) is 0 Å². The molecule has 198 valence electrons. The Hall–Kier alpha value is -4.29. The summed E-state index contributed by atoms with van der Waals surface area (Å²) in [5.41, 5.74) is 3.98. The molecule has 11 nitrogen and oxygen atoms in total. The van der Waals surface area contributed by atoms with Crippen LogP contribution in [0.5, 0.6) is 11.5 Å². The van der Waals surface area contributed by atoms with Crippen molar-refractivity contribution >= 4 is 22.9 Å². The van der Waals surface area contributed by atoms with E-state index in [9.17, 15) is 9.59 Å². The van der Waals surface area contributed by atoms with E-state index in [2.05, 4.69) is 20.3 Å². The van der Waals surface area contributed by atoms with E-state index < -0.39 is 5.97 Å². The van der Waals surface area contributed by atoms with Crippen molar-refractivity contribution in [3.05, 3.63) is 108 Å². The van der Waals surface area contributed by atoms with E-state index in [1.165, 1.54) is 18.5 Å². The van der Waals surface area contributed by atoms with Crippen LogP contribution in [0.4, 0.5) is 0 Å². The monoisotopic (exact) mass is 549 g/mol. The van der Waals surface area contributed by atoms with Crippen LogP contribution in [0.3, 0.4) is 0 Å². The van der Waals surface area contributed by atoms with Crippen molar-refractivity contribution in [1.82, 2.24) is 24.8 Å². The van der Waals surface area contributed by atoms with Crippen LogP contribution < -0.4 is 44.3 Å². The molecule has 5 aromatic rings. The number of aromatic nitrogens is 4. The number of pyridine rings is 2. The second kappa shape index (κ2) is 14.2. The SMILES string of the molecule is O=C(O)c1cncc(OCCOc2ccc(-n3cnc4cc(C(=O)NCc5cccnc5)ccc43)cc2)c1.[Na+].[OH-]. The van der Waals surface area contributed by atoms with Crippen molar-refractivity contribution in [2.75, 3.05) is 13.2 Å². The fourth-order valence-corrected chi connectivity index (χ4v) is 3.78. The number of carbonyl (C=O) groups excluding carboxylic acids is 1. The molecule has 0 fully saturated rings. The van der Waals surface area contributed by atoms with Gasteiger partial charge in [0.2, 0.25) is 0 Å². The number of nitrogens with one attached hydrogen (secondary N) is 1. The van der Waals surface area contributed by atoms with E-state index >= 15 is 0 Å². The van der Waals surface area contributed by atoms with Gasteiger partial charge in [-0.3, -0.25) is 19.3 Å². The summed E-state index contributed by atoms with van der Waals surface area (Å²) in [6, 6.07) is 18.1. The maximum absolute atomic E-state index is 12.6. The van der Waals surface area contributed by atoms with Gasteiger partial charge in [0.1, 0.15) is 31.0 Å². The van der Waals surface area contributed by atoms with E-state index in [0.29, 0.717) is 29.1 Å². The van der Waals surface area contributed by atoms with E-state index in [-0.39, 0.29) is 59.7 Å². The maximum Gasteiger partial charge on any atom is 1.00 e. The van der Waals surface area contributed by atoms with Gasteiger partial charge in [-0.25, -0.2) is 9.78 Å². The molecule has 0 unspecified atom stereocenters. The second-order valence-electron chi connectivity index (χ2n) is 8.27. The van der Waals surface area contributed by atoms with Crippen LogP contribution in [0.25, 0.3) is 16.7 Å². The Morgan fingerprint density at radius 1 is 0.875 bits per heavy atom. The van der Waals surface area contributed by atoms with E-state index in [0.717, 1.165) is 16.8 Å². The molecule has 2 aromatic carbocycles. The molecule has 40 heavy (non-hydrogen) atoms. The van der Waals surface area contributed by atoms with Crippen molar-refractivity contribution in [2.45, 2.75) is 6.54 Å². The first kappa shape index (κ1) is 30.3. The van der Waals surface area contributed by atoms with E-state index in [4.69, 9.17) is 14.6 Å². The quantitative estimate of drug-likeness (QED) is 0.189. The van der Waals surface area contributed by atoms with Crippen LogP contribution in [0, 0.1) is 0 Å². The Balaban J connectivity index is 0.00000220. The standard InChI is InChI=1S/C28H23N5O5.Na.H2O/c34-27(31-15-19-2-1-9-29-14-19)20-3-8-26-25(13-20)32-18-33(26)22-4-6-23(7-5-22)37-10-11-38-24-12-21(28(35)36)16-30-17-24;;/h1-9,12-14,16-18H,10-11,15H2,(H,31,34)(H,35,36);;1H2/q;+1;/p-1. The van der Waals surface area contributed by atoms with Crippen LogP contribution in [0.1, 0.15) is 26.3 Å². The third kappa shape index (κ3) is 7.42. The molecule has 12 heteroatoms. The molecular formula is C28H24N5NaO6. The Kier molecular flexibility index (Phi) is 10.7. The van der Waals surface area contributed by atoms with E-state index in [1.807, 2.05) is 47.0 Å². The minimum Gasteiger partial charge on any atom is -0.870 e. The summed E-state index contributed by atoms with van der Waals surface area (Å²) in [6.07, 6.45) is 7.84. The van der Waals surface area contributed by atoms with Crippen LogP contribution in [0.15, 0.2) is 91.8 Å². The largest absolute Gasteiger partial charge is 1.00 e. The topological polar surface area (TPSA) is 158 Å². The summed E-state index contributed by atoms with van der Waals surface area (Å²) in [4.78, 5) is 36.0. The van der Waals surface area contributed by atoms with Crippen LogP contribution >= 0.6 is 0 Å². The number of nitrogens with zero attached hydrogens (tertiary/aromatic N) is 4. The fourth-order valence-electron chi connectivity index (χ4n) is 3.78. The van der Waals surface area contributed by atoms with Gasteiger partial charge in [0.15, 0.2) is 0 Å². The molecule has 0 radical (unpaired) electrons. The Bertz CT molecular complexity index is 1580. The smallest absolute Gasteiger partial charge is 0.870 e. The third-order valence-corrected chi connectivity index (χ3v) is 5.68. The van der Waals surface area contributed by atoms with Gasteiger partial charge in [0.05, 0.1) is 22.8 Å². The van der Waals surface area contributed by atoms with Crippen molar-refractivity contribution in [3.63, 3.8) is 0 Å². The van der Waals surface area contributed by atoms with Crippen molar-refractivity contribution in [1.29, 1.82) is 0 Å². The zero-order chi connectivity index (χ0) is 26.3. The first-order valence-corrected chi connectivity index (χ1v) is 11.8. The molecule has 0 atom stereocenters. The molecule has 3 heterocycles. The number of amides is 1. The molecule has 0 spiro atoms. The molecule has 0 bridgehead atoms. The van der Waals surface area contributed by atoms with Crippen LogP contribution in [-0.4, -0.2) is 55.2 Å². The zero-order valence-electron chi connectivity index (χ0n) is 21.6. The molecule has 0 saturated carbocycles. The number of ether oxygens (including phenoxy) is 2. The van der Waals surface area contributed by atoms with Gasteiger partial charge in [-0.2, -0.15) is 0 Å². The van der Waals surface area contributed by atoms with Gasteiger partial charge < -0.3 is 25.4 Å². The summed E-state index contributed by atoms with van der Waals surface area (Å²) in [6.45, 7) is 0.905. The fraction of sp³-hybridized carbons (Fsp3) is 0.107. The first-order valence-electron chi connectivity index (χ1n) is 11.8. The van der Waals surface area contributed by atoms with Gasteiger partial charge in [-0.1, -0.05) is 6.07 Å². The summed E-state index contributed by atoms with van der Waals surface area (Å²) < 4.78 is 13.2. The van der Waals surface area contributed by atoms with Gasteiger partial charge in [-0.05, 0) is 60.2 Å². The van der Waals surface area contributed by atoms with E-state index in [1.54, 1.807) is 30.9 Å². The second-order valence-corrected chi connectivity index (χ2v) is 8.27. The van der Waals surface area contributed by atoms with Crippen molar-refractivity contribution < 1.29 is 59.2 Å². The summed E-state index contributed by atoms with van der Waals surface area (Å²) in [5.74, 6) is -0.217. The molecule has 0 aliphatic rings. The maximum atomic E-state index is 12.6. The molecule has 0 saturated heterocycles. The number of hydrogen-bond acceptors (Lipinski definition) is 8. The third-order valence-electron chi connectivity index (χ3n) is 5.68. The van der Waals surface area contributed by atoms with Crippen LogP contribution in [0.2, 0.25) is 0 Å². The normalized spacial score (nSPS) is 10.2. The predicted octanol–water partition coefficient (Wildman–Crippen LogP) is 0.729. The number of carbonyl (C=O) groups is 2. The minimum absolute atomic E-state index is 0. The van der Waals surface area contributed by atoms with Crippen LogP contribution in [-0.2, 0) is 6.54 Å². The average Bonchev–Trinajstić information content (AvgIpc) is 3.38. The number of carboxylic acid groups (broad SMARTS) is 1. The average molecular weight is 550 g/mol. The van der Waals surface area contributed by atoms with Gasteiger partial charge in [0, 0.05) is 36.4 Å². The number of benzene rings is 2. The predicted molar refractivity (Wildman–Crippen MR) is 141 cm³/mol. The molecule has 3 N–H and O–H groups in total. The molecule has 0 aliphatic heterocycles.